The van der Waals surface area contributed by atoms with Crippen LogP contribution in [0.15, 0.2) is 59.3 Å². The molecule has 1 N–H and O–H groups in total. The number of benzene rings is 1. The van der Waals surface area contributed by atoms with Gasteiger partial charge in [0, 0.05) is 30.2 Å². The number of hydrogen-bond donors (Lipinski definition) is 1. The molecule has 138 valence electrons. The van der Waals surface area contributed by atoms with Crippen LogP contribution in [0.2, 0.25) is 0 Å². The van der Waals surface area contributed by atoms with E-state index in [1.807, 2.05) is 0 Å². The first-order chi connectivity index (χ1) is 13.0. The minimum Gasteiger partial charge on any atom is -0.452 e. The lowest BCUT2D eigenvalue weighted by atomic mass is 10.3. The van der Waals surface area contributed by atoms with Gasteiger partial charge in [-0.25, -0.2) is 4.79 Å². The molecule has 2 aromatic heterocycles. The molecule has 0 saturated carbocycles. The summed E-state index contributed by atoms with van der Waals surface area (Å²) in [7, 11) is 0. The van der Waals surface area contributed by atoms with E-state index in [1.165, 1.54) is 30.3 Å². The molecule has 0 atom stereocenters. The highest BCUT2D eigenvalue weighted by molar-refractivity contribution is 5.94. The van der Waals surface area contributed by atoms with Gasteiger partial charge in [0.25, 0.3) is 11.6 Å². The van der Waals surface area contributed by atoms with Gasteiger partial charge in [-0.2, -0.15) is 5.10 Å². The standard InChI is InChI=1S/C17H14N4O6/c22-16(19-12-2-4-13(5-3-12)21(24)25)11-26-17(23)15-7-6-14(27-15)10-20-9-1-8-18-20/h1-9H,10-11H2,(H,19,22). The van der Waals surface area contributed by atoms with Crippen LogP contribution >= 0.6 is 0 Å². The van der Waals surface area contributed by atoms with Crippen molar-refractivity contribution in [3.05, 3.63) is 76.5 Å². The molecule has 1 amide bonds. The average molecular weight is 370 g/mol. The normalized spacial score (nSPS) is 10.4. The van der Waals surface area contributed by atoms with Crippen LogP contribution in [0.5, 0.6) is 0 Å². The van der Waals surface area contributed by atoms with Crippen molar-refractivity contribution in [3.63, 3.8) is 0 Å². The van der Waals surface area contributed by atoms with E-state index >= 15 is 0 Å². The number of carbonyl (C=O) groups is 2. The summed E-state index contributed by atoms with van der Waals surface area (Å²) in [5.41, 5.74) is 0.254. The second-order valence-electron chi connectivity index (χ2n) is 5.40. The number of nitrogens with one attached hydrogen (secondary N) is 1. The first kappa shape index (κ1) is 17.9. The number of ether oxygens (including phenoxy) is 1. The number of non-ortho nitro benzene ring substituents is 1. The van der Waals surface area contributed by atoms with Crippen LogP contribution in [0.3, 0.4) is 0 Å². The molecule has 0 unspecified atom stereocenters. The van der Waals surface area contributed by atoms with Crippen LogP contribution < -0.4 is 5.32 Å². The molecular formula is C17H14N4O6. The van der Waals surface area contributed by atoms with Crippen molar-refractivity contribution in [2.24, 2.45) is 0 Å². The molecule has 0 fully saturated rings. The number of nitro groups is 1. The van der Waals surface area contributed by atoms with E-state index < -0.39 is 23.4 Å². The van der Waals surface area contributed by atoms with E-state index in [9.17, 15) is 19.7 Å². The highest BCUT2D eigenvalue weighted by atomic mass is 16.6. The molecule has 0 aliphatic carbocycles. The summed E-state index contributed by atoms with van der Waals surface area (Å²) in [6.45, 7) is -0.161. The lowest BCUT2D eigenvalue weighted by molar-refractivity contribution is -0.384. The Kier molecular flexibility index (Phi) is 5.26. The highest BCUT2D eigenvalue weighted by Crippen LogP contribution is 2.15. The highest BCUT2D eigenvalue weighted by Gasteiger charge is 2.15. The van der Waals surface area contributed by atoms with Gasteiger partial charge in [-0.15, -0.1) is 0 Å². The second-order valence-corrected chi connectivity index (χ2v) is 5.40. The van der Waals surface area contributed by atoms with Gasteiger partial charge in [0.1, 0.15) is 5.76 Å². The summed E-state index contributed by atoms with van der Waals surface area (Å²) >= 11 is 0. The minimum atomic E-state index is -0.777. The molecule has 0 bridgehead atoms. The van der Waals surface area contributed by atoms with Crippen LogP contribution in [0.25, 0.3) is 0 Å². The van der Waals surface area contributed by atoms with E-state index in [2.05, 4.69) is 10.4 Å². The third-order valence-corrected chi connectivity index (χ3v) is 3.44. The number of nitrogens with zero attached hydrogens (tertiary/aromatic N) is 3. The molecule has 3 aromatic rings. The molecule has 0 saturated heterocycles. The zero-order valence-corrected chi connectivity index (χ0v) is 13.9. The molecule has 0 radical (unpaired) electrons. The lowest BCUT2D eigenvalue weighted by Crippen LogP contribution is -2.20. The van der Waals surface area contributed by atoms with Crippen molar-refractivity contribution in [3.8, 4) is 0 Å². The zero-order chi connectivity index (χ0) is 19.2. The number of furan rings is 1. The Balaban J connectivity index is 1.49. The van der Waals surface area contributed by atoms with Crippen molar-refractivity contribution >= 4 is 23.3 Å². The number of anilines is 1. The number of aromatic nitrogens is 2. The van der Waals surface area contributed by atoms with Crippen molar-refractivity contribution in [2.45, 2.75) is 6.54 Å². The molecular weight excluding hydrogens is 356 g/mol. The van der Waals surface area contributed by atoms with E-state index in [-0.39, 0.29) is 11.4 Å². The Morgan fingerprint density at radius 2 is 2.00 bits per heavy atom. The molecule has 1 aromatic carbocycles. The monoisotopic (exact) mass is 370 g/mol. The van der Waals surface area contributed by atoms with Crippen LogP contribution in [0, 0.1) is 10.1 Å². The van der Waals surface area contributed by atoms with Gasteiger partial charge in [-0.1, -0.05) is 0 Å². The maximum absolute atomic E-state index is 11.9. The summed E-state index contributed by atoms with van der Waals surface area (Å²) in [4.78, 5) is 33.8. The van der Waals surface area contributed by atoms with Crippen molar-refractivity contribution in [2.75, 3.05) is 11.9 Å². The van der Waals surface area contributed by atoms with Crippen molar-refractivity contribution in [1.82, 2.24) is 9.78 Å². The Morgan fingerprint density at radius 3 is 2.67 bits per heavy atom. The molecule has 0 aliphatic rings. The fraction of sp³-hybridized carbons (Fsp3) is 0.118. The van der Waals surface area contributed by atoms with E-state index in [1.54, 1.807) is 29.2 Å². The first-order valence-electron chi connectivity index (χ1n) is 7.79. The van der Waals surface area contributed by atoms with Crippen LogP contribution in [0.4, 0.5) is 11.4 Å². The Hall–Kier alpha value is -3.95. The van der Waals surface area contributed by atoms with Crippen molar-refractivity contribution < 1.29 is 23.7 Å². The predicted molar refractivity (Wildman–Crippen MR) is 92.0 cm³/mol. The number of rotatable bonds is 7. The zero-order valence-electron chi connectivity index (χ0n) is 13.9. The Bertz CT molecular complexity index is 946. The number of amides is 1. The maximum Gasteiger partial charge on any atom is 0.374 e. The van der Waals surface area contributed by atoms with Gasteiger partial charge in [-0.3, -0.25) is 19.6 Å². The third-order valence-electron chi connectivity index (χ3n) is 3.44. The van der Waals surface area contributed by atoms with Crippen LogP contribution in [0.1, 0.15) is 16.3 Å². The largest absolute Gasteiger partial charge is 0.452 e. The molecule has 0 spiro atoms. The Labute approximate surface area is 152 Å². The van der Waals surface area contributed by atoms with Gasteiger partial charge >= 0.3 is 5.97 Å². The fourth-order valence-corrected chi connectivity index (χ4v) is 2.19. The predicted octanol–water partition coefficient (Wildman–Crippen LogP) is 2.23. The molecule has 0 aliphatic heterocycles. The van der Waals surface area contributed by atoms with Gasteiger partial charge in [0.2, 0.25) is 5.76 Å². The van der Waals surface area contributed by atoms with Crippen molar-refractivity contribution in [1.29, 1.82) is 0 Å². The number of hydrogen-bond acceptors (Lipinski definition) is 7. The molecule has 10 nitrogen and oxygen atoms in total. The minimum absolute atomic E-state index is 0.0275. The second kappa shape index (κ2) is 7.95. The molecule has 10 heteroatoms. The molecule has 27 heavy (non-hydrogen) atoms. The quantitative estimate of drug-likeness (QED) is 0.383. The fourth-order valence-electron chi connectivity index (χ4n) is 2.19. The summed E-state index contributed by atoms with van der Waals surface area (Å²) in [6, 6.07) is 10.1. The molecule has 3 rings (SSSR count). The van der Waals surface area contributed by atoms with Gasteiger partial charge in [0.15, 0.2) is 6.61 Å². The first-order valence-corrected chi connectivity index (χ1v) is 7.79. The number of esters is 1. The maximum atomic E-state index is 11.9. The van der Waals surface area contributed by atoms with Crippen LogP contribution in [-0.2, 0) is 16.1 Å². The van der Waals surface area contributed by atoms with Gasteiger partial charge in [0.05, 0.1) is 11.5 Å². The summed E-state index contributed by atoms with van der Waals surface area (Å²) < 4.78 is 11.9. The smallest absolute Gasteiger partial charge is 0.374 e. The van der Waals surface area contributed by atoms with E-state index in [4.69, 9.17) is 9.15 Å². The third kappa shape index (κ3) is 4.78. The van der Waals surface area contributed by atoms with Crippen LogP contribution in [-0.4, -0.2) is 33.2 Å². The SMILES string of the molecule is O=C(COC(=O)c1ccc(Cn2cccn2)o1)Nc1ccc([N+](=O)[O-])cc1. The topological polar surface area (TPSA) is 130 Å². The summed E-state index contributed by atoms with van der Waals surface area (Å²) in [5.74, 6) is -0.873. The molecule has 2 heterocycles. The number of carbonyl (C=O) groups excluding carboxylic acids is 2. The van der Waals surface area contributed by atoms with E-state index in [0.717, 1.165) is 0 Å². The van der Waals surface area contributed by atoms with Gasteiger partial charge in [-0.05, 0) is 30.3 Å². The van der Waals surface area contributed by atoms with Gasteiger partial charge < -0.3 is 14.5 Å². The summed E-state index contributed by atoms with van der Waals surface area (Å²) in [6.07, 6.45) is 3.38. The lowest BCUT2D eigenvalue weighted by Gasteiger charge is -2.05. The Morgan fingerprint density at radius 1 is 1.22 bits per heavy atom. The van der Waals surface area contributed by atoms with E-state index in [0.29, 0.717) is 18.0 Å². The average Bonchev–Trinajstić information content (AvgIpc) is 3.33. The number of nitro benzene ring substituents is 1. The summed E-state index contributed by atoms with van der Waals surface area (Å²) in [5, 5.41) is 17.1.